The number of aryl methyl sites for hydroxylation is 1. The Kier molecular flexibility index (Phi) is 5.48. The molecule has 0 saturated carbocycles. The van der Waals surface area contributed by atoms with Gasteiger partial charge in [-0.05, 0) is 6.92 Å². The topological polar surface area (TPSA) is 48.1 Å². The number of nitrogens with two attached hydrogens (primary N) is 1. The highest BCUT2D eigenvalue weighted by Gasteiger charge is 2.41. The molecule has 2 N–H and O–H groups in total. The van der Waals surface area contributed by atoms with E-state index >= 15 is 0 Å². The summed E-state index contributed by atoms with van der Waals surface area (Å²) in [5.74, 6) is -1.88. The molecule has 8 heteroatoms. The highest BCUT2D eigenvalue weighted by molar-refractivity contribution is 7.80. The Hall–Kier alpha value is -0.730. The van der Waals surface area contributed by atoms with Crippen molar-refractivity contribution < 1.29 is 17.9 Å². The fourth-order valence-corrected chi connectivity index (χ4v) is 2.23. The van der Waals surface area contributed by atoms with Gasteiger partial charge < -0.3 is 10.5 Å². The maximum Gasteiger partial charge on any atom is 0.400 e. The predicted molar refractivity (Wildman–Crippen MR) is 67.7 cm³/mol. The van der Waals surface area contributed by atoms with E-state index < -0.39 is 23.7 Å². The Morgan fingerprint density at radius 1 is 1.61 bits per heavy atom. The molecule has 0 aliphatic rings. The molecule has 1 aromatic rings. The molecule has 0 bridgehead atoms. The number of halogens is 3. The Balaban J connectivity index is 2.36. The van der Waals surface area contributed by atoms with Crippen LogP contribution >= 0.6 is 23.6 Å². The smallest absolute Gasteiger partial charge is 0.393 e. The van der Waals surface area contributed by atoms with E-state index in [1.165, 1.54) is 11.3 Å². The summed E-state index contributed by atoms with van der Waals surface area (Å²) >= 11 is 5.84. The van der Waals surface area contributed by atoms with Gasteiger partial charge >= 0.3 is 6.18 Å². The third-order valence-corrected chi connectivity index (χ3v) is 3.62. The van der Waals surface area contributed by atoms with E-state index in [2.05, 4.69) is 17.2 Å². The van der Waals surface area contributed by atoms with Crippen LogP contribution in [0.4, 0.5) is 13.2 Å². The zero-order chi connectivity index (χ0) is 13.8. The molecular formula is C10H13F3N2OS2. The largest absolute Gasteiger partial charge is 0.400 e. The first-order chi connectivity index (χ1) is 8.32. The number of ether oxygens (including phenoxy) is 1. The van der Waals surface area contributed by atoms with Gasteiger partial charge in [0.1, 0.15) is 5.92 Å². The molecule has 1 atom stereocenters. The number of alkyl halides is 3. The molecule has 1 aromatic heterocycles. The Bertz CT molecular complexity index is 406. The lowest BCUT2D eigenvalue weighted by Gasteiger charge is -2.18. The van der Waals surface area contributed by atoms with Gasteiger partial charge in [-0.1, -0.05) is 12.2 Å². The van der Waals surface area contributed by atoms with E-state index in [1.807, 2.05) is 6.92 Å². The lowest BCUT2D eigenvalue weighted by Crippen LogP contribution is -2.38. The summed E-state index contributed by atoms with van der Waals surface area (Å²) in [6, 6.07) is 0. The van der Waals surface area contributed by atoms with Crippen LogP contribution in [-0.2, 0) is 11.2 Å². The average molecular weight is 298 g/mol. The van der Waals surface area contributed by atoms with Crippen LogP contribution in [0.15, 0.2) is 5.51 Å². The minimum Gasteiger partial charge on any atom is -0.393 e. The normalized spacial score (nSPS) is 13.6. The third-order valence-electron chi connectivity index (χ3n) is 2.34. The van der Waals surface area contributed by atoms with Gasteiger partial charge in [0.05, 0.1) is 29.4 Å². The van der Waals surface area contributed by atoms with Gasteiger partial charge in [-0.3, -0.25) is 0 Å². The summed E-state index contributed by atoms with van der Waals surface area (Å²) in [5, 5.41) is 0. The number of thiazole rings is 1. The molecule has 102 valence electrons. The maximum atomic E-state index is 12.5. The van der Waals surface area contributed by atoms with Crippen molar-refractivity contribution in [3.8, 4) is 0 Å². The van der Waals surface area contributed by atoms with Crippen molar-refractivity contribution in [1.82, 2.24) is 4.98 Å². The number of hydrogen-bond donors (Lipinski definition) is 1. The molecule has 1 heterocycles. The molecular weight excluding hydrogens is 285 g/mol. The van der Waals surface area contributed by atoms with E-state index in [0.29, 0.717) is 6.42 Å². The van der Waals surface area contributed by atoms with Gasteiger partial charge in [0.15, 0.2) is 0 Å². The second-order valence-corrected chi connectivity index (χ2v) is 5.09. The predicted octanol–water partition coefficient (Wildman–Crippen LogP) is 2.48. The van der Waals surface area contributed by atoms with Gasteiger partial charge in [-0.15, -0.1) is 11.3 Å². The average Bonchev–Trinajstić information content (AvgIpc) is 2.61. The number of hydrogen-bond acceptors (Lipinski definition) is 4. The van der Waals surface area contributed by atoms with Crippen LogP contribution in [0.25, 0.3) is 0 Å². The summed E-state index contributed by atoms with van der Waals surface area (Å²) in [5.41, 5.74) is 7.62. The van der Waals surface area contributed by atoms with Crippen molar-refractivity contribution in [3.05, 3.63) is 16.1 Å². The van der Waals surface area contributed by atoms with Crippen molar-refractivity contribution in [3.63, 3.8) is 0 Å². The molecule has 0 aromatic carbocycles. The Morgan fingerprint density at radius 3 is 2.72 bits per heavy atom. The summed E-state index contributed by atoms with van der Waals surface area (Å²) in [4.78, 5) is 4.46. The van der Waals surface area contributed by atoms with Crippen molar-refractivity contribution in [2.45, 2.75) is 19.5 Å². The summed E-state index contributed by atoms with van der Waals surface area (Å²) in [6.45, 7) is 1.51. The lowest BCUT2D eigenvalue weighted by molar-refractivity contribution is -0.167. The first-order valence-corrected chi connectivity index (χ1v) is 6.44. The molecule has 0 aliphatic carbocycles. The third kappa shape index (κ3) is 4.51. The minimum absolute atomic E-state index is 0.193. The molecule has 0 radical (unpaired) electrons. The van der Waals surface area contributed by atoms with E-state index in [4.69, 9.17) is 10.5 Å². The monoisotopic (exact) mass is 298 g/mol. The summed E-state index contributed by atoms with van der Waals surface area (Å²) < 4.78 is 42.4. The van der Waals surface area contributed by atoms with Gasteiger partial charge in [0.25, 0.3) is 0 Å². The van der Waals surface area contributed by atoms with E-state index in [9.17, 15) is 13.2 Å². The Labute approximate surface area is 112 Å². The van der Waals surface area contributed by atoms with Crippen molar-refractivity contribution in [2.24, 2.45) is 11.7 Å². The van der Waals surface area contributed by atoms with Crippen LogP contribution in [0.1, 0.15) is 10.6 Å². The summed E-state index contributed by atoms with van der Waals surface area (Å²) in [6.07, 6.45) is -3.91. The molecule has 3 nitrogen and oxygen atoms in total. The zero-order valence-electron chi connectivity index (χ0n) is 9.66. The fraction of sp³-hybridized carbons (Fsp3) is 0.600. The molecule has 0 aliphatic heterocycles. The number of aromatic nitrogens is 1. The first kappa shape index (κ1) is 15.3. The van der Waals surface area contributed by atoms with Crippen LogP contribution in [0.2, 0.25) is 0 Å². The maximum absolute atomic E-state index is 12.5. The van der Waals surface area contributed by atoms with Crippen LogP contribution in [0, 0.1) is 12.8 Å². The van der Waals surface area contributed by atoms with E-state index in [-0.39, 0.29) is 6.61 Å². The number of rotatable bonds is 6. The van der Waals surface area contributed by atoms with Crippen molar-refractivity contribution in [2.75, 3.05) is 13.2 Å². The van der Waals surface area contributed by atoms with Crippen LogP contribution < -0.4 is 5.73 Å². The number of nitrogens with zero attached hydrogens (tertiary/aromatic N) is 1. The molecule has 0 saturated heterocycles. The SMILES string of the molecule is Cc1ncsc1CCOCC(C(N)=S)C(F)(F)F. The van der Waals surface area contributed by atoms with Crippen molar-refractivity contribution >= 4 is 28.5 Å². The standard InChI is InChI=1S/C10H13F3N2OS2/c1-6-8(18-5-15-6)2-3-16-4-7(9(14)17)10(11,12)13/h5,7H,2-4H2,1H3,(H2,14,17). The second kappa shape index (κ2) is 6.44. The molecule has 1 unspecified atom stereocenters. The van der Waals surface area contributed by atoms with Gasteiger partial charge in [0.2, 0.25) is 0 Å². The quantitative estimate of drug-likeness (QED) is 0.647. The van der Waals surface area contributed by atoms with E-state index in [1.54, 1.807) is 5.51 Å². The molecule has 1 rings (SSSR count). The van der Waals surface area contributed by atoms with Crippen LogP contribution in [-0.4, -0.2) is 29.4 Å². The van der Waals surface area contributed by atoms with Crippen molar-refractivity contribution in [1.29, 1.82) is 0 Å². The lowest BCUT2D eigenvalue weighted by atomic mass is 10.1. The van der Waals surface area contributed by atoms with Gasteiger partial charge in [0, 0.05) is 11.3 Å². The molecule has 0 fully saturated rings. The van der Waals surface area contributed by atoms with Gasteiger partial charge in [-0.2, -0.15) is 13.2 Å². The summed E-state index contributed by atoms with van der Waals surface area (Å²) in [7, 11) is 0. The zero-order valence-corrected chi connectivity index (χ0v) is 11.3. The minimum atomic E-state index is -4.45. The number of thiocarbonyl (C=S) groups is 1. The fourth-order valence-electron chi connectivity index (χ4n) is 1.27. The first-order valence-electron chi connectivity index (χ1n) is 5.15. The van der Waals surface area contributed by atoms with Crippen LogP contribution in [0.3, 0.4) is 0 Å². The van der Waals surface area contributed by atoms with E-state index in [0.717, 1.165) is 10.6 Å². The molecule has 18 heavy (non-hydrogen) atoms. The molecule has 0 spiro atoms. The second-order valence-electron chi connectivity index (χ2n) is 3.68. The highest BCUT2D eigenvalue weighted by atomic mass is 32.1. The Morgan fingerprint density at radius 2 is 2.28 bits per heavy atom. The van der Waals surface area contributed by atoms with Gasteiger partial charge in [-0.25, -0.2) is 4.98 Å². The highest BCUT2D eigenvalue weighted by Crippen LogP contribution is 2.26. The van der Waals surface area contributed by atoms with Crippen LogP contribution in [0.5, 0.6) is 0 Å². The molecule has 0 amide bonds.